The number of H-pyrrole nitrogens is 1. The van der Waals surface area contributed by atoms with Crippen LogP contribution in [-0.2, 0) is 0 Å². The average molecular weight is 428 g/mol. The van der Waals surface area contributed by atoms with E-state index in [-0.39, 0.29) is 11.8 Å². The van der Waals surface area contributed by atoms with E-state index in [0.717, 1.165) is 10.9 Å². The van der Waals surface area contributed by atoms with Crippen LogP contribution in [0.4, 0.5) is 11.4 Å². The Kier molecular flexibility index (Phi) is 4.95. The van der Waals surface area contributed by atoms with E-state index < -0.39 is 0 Å². The van der Waals surface area contributed by atoms with E-state index in [2.05, 4.69) is 20.6 Å². The molecule has 5 rings (SSSR count). The Labute approximate surface area is 183 Å². The first-order valence-corrected chi connectivity index (χ1v) is 10.1. The Hall–Kier alpha value is -4.33. The molecule has 32 heavy (non-hydrogen) atoms. The van der Waals surface area contributed by atoms with Crippen molar-refractivity contribution >= 4 is 34.2 Å². The molecule has 0 fully saturated rings. The summed E-state index contributed by atoms with van der Waals surface area (Å²) in [5.74, 6) is 0.597. The van der Waals surface area contributed by atoms with Crippen LogP contribution in [0.3, 0.4) is 0 Å². The highest BCUT2D eigenvalue weighted by Gasteiger charge is 2.16. The molecular weight excluding hydrogens is 408 g/mol. The maximum absolute atomic E-state index is 12.7. The molecule has 3 heterocycles. The van der Waals surface area contributed by atoms with Gasteiger partial charge in [0, 0.05) is 28.5 Å². The molecule has 0 bridgehead atoms. The molecule has 2 aromatic carbocycles. The molecule has 0 atom stereocenters. The second-order valence-corrected chi connectivity index (χ2v) is 7.42. The van der Waals surface area contributed by atoms with E-state index in [1.54, 1.807) is 42.6 Å². The first-order valence-electron chi connectivity index (χ1n) is 10.1. The lowest BCUT2D eigenvalue weighted by Gasteiger charge is -2.18. The number of carbonyl (C=O) groups is 2. The van der Waals surface area contributed by atoms with E-state index in [9.17, 15) is 9.59 Å². The molecule has 160 valence electrons. The molecule has 8 heteroatoms. The van der Waals surface area contributed by atoms with Gasteiger partial charge >= 0.3 is 0 Å². The number of amides is 2. The standard InChI is InChI=1S/C24H20N4O4/c1-14-4-6-17(26-23(29)16-5-7-20-21(12-16)32-10-9-31-20)13-18(14)28-24(30)19-11-15-3-2-8-25-22(15)27-19/h2-8,11-13H,9-10H2,1H3,(H,25,27)(H,26,29)(H,28,30). The normalized spacial score (nSPS) is 12.4. The van der Waals surface area contributed by atoms with Crippen LogP contribution in [0.25, 0.3) is 11.0 Å². The first-order chi connectivity index (χ1) is 15.6. The van der Waals surface area contributed by atoms with Gasteiger partial charge < -0.3 is 25.1 Å². The lowest BCUT2D eigenvalue weighted by molar-refractivity contribution is 0.101. The number of ether oxygens (including phenoxy) is 2. The van der Waals surface area contributed by atoms with Gasteiger partial charge in [0.15, 0.2) is 11.5 Å². The molecule has 0 saturated heterocycles. The van der Waals surface area contributed by atoms with Gasteiger partial charge in [-0.3, -0.25) is 9.59 Å². The molecule has 2 amide bonds. The summed E-state index contributed by atoms with van der Waals surface area (Å²) < 4.78 is 11.0. The van der Waals surface area contributed by atoms with E-state index in [1.807, 2.05) is 25.1 Å². The molecule has 0 saturated carbocycles. The van der Waals surface area contributed by atoms with Gasteiger partial charge in [-0.2, -0.15) is 0 Å². The zero-order valence-corrected chi connectivity index (χ0v) is 17.3. The van der Waals surface area contributed by atoms with Crippen LogP contribution in [0.15, 0.2) is 60.8 Å². The number of aromatic amines is 1. The minimum Gasteiger partial charge on any atom is -0.486 e. The summed E-state index contributed by atoms with van der Waals surface area (Å²) >= 11 is 0. The summed E-state index contributed by atoms with van der Waals surface area (Å²) in [6, 6.07) is 15.9. The number of hydrogen-bond donors (Lipinski definition) is 3. The first kappa shape index (κ1) is 19.6. The van der Waals surface area contributed by atoms with Crippen LogP contribution in [0.2, 0.25) is 0 Å². The van der Waals surface area contributed by atoms with Gasteiger partial charge in [-0.25, -0.2) is 4.98 Å². The summed E-state index contributed by atoms with van der Waals surface area (Å²) in [7, 11) is 0. The van der Waals surface area contributed by atoms with Crippen LogP contribution < -0.4 is 20.1 Å². The highest BCUT2D eigenvalue weighted by atomic mass is 16.6. The molecule has 0 aliphatic carbocycles. The minimum atomic E-state index is -0.290. The molecule has 0 spiro atoms. The van der Waals surface area contributed by atoms with Crippen molar-refractivity contribution in [2.45, 2.75) is 6.92 Å². The third-order valence-corrected chi connectivity index (χ3v) is 5.18. The summed E-state index contributed by atoms with van der Waals surface area (Å²) in [5.41, 5.74) is 3.53. The monoisotopic (exact) mass is 428 g/mol. The molecule has 1 aliphatic rings. The zero-order chi connectivity index (χ0) is 22.1. The second kappa shape index (κ2) is 8.07. The van der Waals surface area contributed by atoms with Gasteiger partial charge in [-0.1, -0.05) is 6.07 Å². The van der Waals surface area contributed by atoms with Crippen LogP contribution >= 0.6 is 0 Å². The molecule has 8 nitrogen and oxygen atoms in total. The average Bonchev–Trinajstić information content (AvgIpc) is 3.25. The number of fused-ring (bicyclic) bond motifs is 2. The molecule has 4 aromatic rings. The van der Waals surface area contributed by atoms with Crippen molar-refractivity contribution < 1.29 is 19.1 Å². The number of nitrogens with one attached hydrogen (secondary N) is 3. The van der Waals surface area contributed by atoms with E-state index >= 15 is 0 Å². The maximum Gasteiger partial charge on any atom is 0.272 e. The fourth-order valence-electron chi connectivity index (χ4n) is 3.49. The van der Waals surface area contributed by atoms with E-state index in [0.29, 0.717) is 53.0 Å². The third kappa shape index (κ3) is 3.85. The van der Waals surface area contributed by atoms with Gasteiger partial charge in [0.05, 0.1) is 0 Å². The summed E-state index contributed by atoms with van der Waals surface area (Å²) in [4.78, 5) is 32.7. The van der Waals surface area contributed by atoms with Gasteiger partial charge in [-0.05, 0) is 61.0 Å². The number of aromatic nitrogens is 2. The minimum absolute atomic E-state index is 0.287. The van der Waals surface area contributed by atoms with Crippen molar-refractivity contribution in [1.82, 2.24) is 9.97 Å². The molecular formula is C24H20N4O4. The Morgan fingerprint density at radius 1 is 0.938 bits per heavy atom. The van der Waals surface area contributed by atoms with Gasteiger partial charge in [-0.15, -0.1) is 0 Å². The maximum atomic E-state index is 12.7. The second-order valence-electron chi connectivity index (χ2n) is 7.42. The number of benzene rings is 2. The number of anilines is 2. The Balaban J connectivity index is 1.33. The number of pyridine rings is 1. The molecule has 0 unspecified atom stereocenters. The predicted molar refractivity (Wildman–Crippen MR) is 121 cm³/mol. The smallest absolute Gasteiger partial charge is 0.272 e. The Morgan fingerprint density at radius 3 is 2.62 bits per heavy atom. The molecule has 2 aromatic heterocycles. The van der Waals surface area contributed by atoms with Gasteiger partial charge in [0.1, 0.15) is 24.6 Å². The Morgan fingerprint density at radius 2 is 1.78 bits per heavy atom. The van der Waals surface area contributed by atoms with Crippen LogP contribution in [0, 0.1) is 6.92 Å². The van der Waals surface area contributed by atoms with Crippen molar-refractivity contribution in [1.29, 1.82) is 0 Å². The van der Waals surface area contributed by atoms with Crippen molar-refractivity contribution in [3.8, 4) is 11.5 Å². The fraction of sp³-hybridized carbons (Fsp3) is 0.125. The largest absolute Gasteiger partial charge is 0.486 e. The zero-order valence-electron chi connectivity index (χ0n) is 17.3. The van der Waals surface area contributed by atoms with Crippen molar-refractivity contribution in [3.05, 3.63) is 77.6 Å². The van der Waals surface area contributed by atoms with Crippen LogP contribution in [-0.4, -0.2) is 35.0 Å². The summed E-state index contributed by atoms with van der Waals surface area (Å²) in [5, 5.41) is 6.62. The van der Waals surface area contributed by atoms with Gasteiger partial charge in [0.25, 0.3) is 11.8 Å². The highest BCUT2D eigenvalue weighted by Crippen LogP contribution is 2.31. The Bertz CT molecular complexity index is 1310. The number of rotatable bonds is 4. The van der Waals surface area contributed by atoms with E-state index in [4.69, 9.17) is 9.47 Å². The number of hydrogen-bond acceptors (Lipinski definition) is 5. The quantitative estimate of drug-likeness (QED) is 0.453. The third-order valence-electron chi connectivity index (χ3n) is 5.18. The fourth-order valence-corrected chi connectivity index (χ4v) is 3.49. The van der Waals surface area contributed by atoms with Gasteiger partial charge in [0.2, 0.25) is 0 Å². The van der Waals surface area contributed by atoms with E-state index in [1.165, 1.54) is 0 Å². The lowest BCUT2D eigenvalue weighted by Crippen LogP contribution is -2.17. The van der Waals surface area contributed by atoms with Crippen molar-refractivity contribution in [2.24, 2.45) is 0 Å². The summed E-state index contributed by atoms with van der Waals surface area (Å²) in [6.07, 6.45) is 1.67. The van der Waals surface area contributed by atoms with Crippen LogP contribution in [0.5, 0.6) is 11.5 Å². The predicted octanol–water partition coefficient (Wildman–Crippen LogP) is 4.15. The van der Waals surface area contributed by atoms with Crippen molar-refractivity contribution in [3.63, 3.8) is 0 Å². The molecule has 3 N–H and O–H groups in total. The highest BCUT2D eigenvalue weighted by molar-refractivity contribution is 6.07. The number of aryl methyl sites for hydroxylation is 1. The number of nitrogens with zero attached hydrogens (tertiary/aromatic N) is 1. The van der Waals surface area contributed by atoms with Crippen molar-refractivity contribution in [2.75, 3.05) is 23.8 Å². The summed E-state index contributed by atoms with van der Waals surface area (Å²) in [6.45, 7) is 2.83. The SMILES string of the molecule is Cc1ccc(NC(=O)c2ccc3c(c2)OCCO3)cc1NC(=O)c1cc2cccnc2[nH]1. The molecule has 1 aliphatic heterocycles. The number of carbonyl (C=O) groups excluding carboxylic acids is 2. The topological polar surface area (TPSA) is 105 Å². The molecule has 0 radical (unpaired) electrons. The van der Waals surface area contributed by atoms with Crippen LogP contribution in [0.1, 0.15) is 26.4 Å². The lowest BCUT2D eigenvalue weighted by atomic mass is 10.1.